The van der Waals surface area contributed by atoms with Crippen LogP contribution in [0.2, 0.25) is 0 Å². The van der Waals surface area contributed by atoms with E-state index in [2.05, 4.69) is 19.2 Å². The fraction of sp³-hybridized carbons (Fsp3) is 0.917. The number of hydrogen-bond acceptors (Lipinski definition) is 3. The van der Waals surface area contributed by atoms with Crippen LogP contribution >= 0.6 is 11.8 Å². The van der Waals surface area contributed by atoms with Crippen LogP contribution in [0.15, 0.2) is 0 Å². The molecule has 0 aliphatic rings. The van der Waals surface area contributed by atoms with Crippen LogP contribution in [0.5, 0.6) is 0 Å². The Bertz CT molecular complexity index is 188. The second-order valence-corrected chi connectivity index (χ2v) is 5.62. The summed E-state index contributed by atoms with van der Waals surface area (Å²) in [7, 11) is 0. The van der Waals surface area contributed by atoms with Gasteiger partial charge < -0.3 is 11.1 Å². The van der Waals surface area contributed by atoms with Crippen molar-refractivity contribution in [1.29, 1.82) is 0 Å². The van der Waals surface area contributed by atoms with Crippen LogP contribution in [0.3, 0.4) is 0 Å². The van der Waals surface area contributed by atoms with Crippen LogP contribution in [0.1, 0.15) is 40.0 Å². The first-order valence-electron chi connectivity index (χ1n) is 6.20. The summed E-state index contributed by atoms with van der Waals surface area (Å²) in [6.45, 7) is 6.87. The summed E-state index contributed by atoms with van der Waals surface area (Å²) >= 11 is 1.92. The van der Waals surface area contributed by atoms with Crippen LogP contribution < -0.4 is 11.1 Å². The molecule has 2 atom stereocenters. The molecule has 0 aromatic heterocycles. The average Bonchev–Trinajstić information content (AvgIpc) is 2.26. The highest BCUT2D eigenvalue weighted by atomic mass is 32.2. The third-order valence-electron chi connectivity index (χ3n) is 2.58. The minimum atomic E-state index is 0.0878. The SMILES string of the molecule is CCSCCC(C)NC(=O)C(C)CCCN. The standard InChI is InChI=1S/C12H26N2OS/c1-4-16-9-7-11(3)14-12(15)10(2)6-5-8-13/h10-11H,4-9,13H2,1-3H3,(H,14,15). The fourth-order valence-electron chi connectivity index (χ4n) is 1.42. The molecule has 2 unspecified atom stereocenters. The third kappa shape index (κ3) is 7.99. The molecule has 0 aromatic carbocycles. The Hall–Kier alpha value is -0.220. The normalized spacial score (nSPS) is 14.5. The van der Waals surface area contributed by atoms with Crippen molar-refractivity contribution in [3.8, 4) is 0 Å². The van der Waals surface area contributed by atoms with Gasteiger partial charge in [0.25, 0.3) is 0 Å². The van der Waals surface area contributed by atoms with E-state index in [1.807, 2.05) is 18.7 Å². The van der Waals surface area contributed by atoms with Crippen LogP contribution in [-0.4, -0.2) is 30.0 Å². The second kappa shape index (κ2) is 9.97. The molecule has 3 N–H and O–H groups in total. The van der Waals surface area contributed by atoms with Gasteiger partial charge in [0.15, 0.2) is 0 Å². The van der Waals surface area contributed by atoms with Crippen molar-refractivity contribution >= 4 is 17.7 Å². The van der Waals surface area contributed by atoms with Crippen molar-refractivity contribution in [3.63, 3.8) is 0 Å². The Labute approximate surface area is 104 Å². The number of nitrogens with two attached hydrogens (primary N) is 1. The van der Waals surface area contributed by atoms with E-state index in [1.165, 1.54) is 0 Å². The molecule has 1 amide bonds. The van der Waals surface area contributed by atoms with E-state index in [0.29, 0.717) is 6.54 Å². The predicted octanol–water partition coefficient (Wildman–Crippen LogP) is 2.01. The number of thioether (sulfide) groups is 1. The van der Waals surface area contributed by atoms with Gasteiger partial charge in [-0.05, 0) is 44.2 Å². The van der Waals surface area contributed by atoms with E-state index in [-0.39, 0.29) is 17.9 Å². The van der Waals surface area contributed by atoms with Crippen molar-refractivity contribution < 1.29 is 4.79 Å². The van der Waals surface area contributed by atoms with E-state index in [9.17, 15) is 4.79 Å². The number of carbonyl (C=O) groups excluding carboxylic acids is 1. The Balaban J connectivity index is 3.67. The minimum Gasteiger partial charge on any atom is -0.353 e. The molecule has 0 bridgehead atoms. The molecule has 0 saturated carbocycles. The molecule has 0 aliphatic carbocycles. The summed E-state index contributed by atoms with van der Waals surface area (Å²) < 4.78 is 0. The van der Waals surface area contributed by atoms with Crippen molar-refractivity contribution in [2.75, 3.05) is 18.1 Å². The van der Waals surface area contributed by atoms with E-state index in [1.54, 1.807) is 0 Å². The van der Waals surface area contributed by atoms with Gasteiger partial charge in [-0.25, -0.2) is 0 Å². The molecule has 0 aliphatic heterocycles. The van der Waals surface area contributed by atoms with Gasteiger partial charge in [0, 0.05) is 12.0 Å². The number of carbonyl (C=O) groups is 1. The van der Waals surface area contributed by atoms with E-state index < -0.39 is 0 Å². The van der Waals surface area contributed by atoms with Gasteiger partial charge in [-0.2, -0.15) is 11.8 Å². The van der Waals surface area contributed by atoms with Crippen molar-refractivity contribution in [1.82, 2.24) is 5.32 Å². The molecule has 0 saturated heterocycles. The van der Waals surface area contributed by atoms with Crippen LogP contribution in [0, 0.1) is 5.92 Å². The molecule has 16 heavy (non-hydrogen) atoms. The van der Waals surface area contributed by atoms with E-state index >= 15 is 0 Å². The van der Waals surface area contributed by atoms with Gasteiger partial charge in [-0.15, -0.1) is 0 Å². The Morgan fingerprint density at radius 2 is 2.06 bits per heavy atom. The lowest BCUT2D eigenvalue weighted by molar-refractivity contribution is -0.125. The smallest absolute Gasteiger partial charge is 0.223 e. The molecule has 0 fully saturated rings. The van der Waals surface area contributed by atoms with E-state index in [4.69, 9.17) is 5.73 Å². The summed E-state index contributed by atoms with van der Waals surface area (Å²) in [5.74, 6) is 2.52. The maximum absolute atomic E-state index is 11.7. The number of amides is 1. The Kier molecular flexibility index (Phi) is 9.83. The number of nitrogens with one attached hydrogen (secondary N) is 1. The highest BCUT2D eigenvalue weighted by Gasteiger charge is 2.14. The highest BCUT2D eigenvalue weighted by molar-refractivity contribution is 7.99. The Morgan fingerprint density at radius 3 is 2.62 bits per heavy atom. The highest BCUT2D eigenvalue weighted by Crippen LogP contribution is 2.07. The van der Waals surface area contributed by atoms with Crippen molar-refractivity contribution in [2.45, 2.75) is 46.1 Å². The molecule has 4 heteroatoms. The number of hydrogen-bond donors (Lipinski definition) is 2. The van der Waals surface area contributed by atoms with Crippen LogP contribution in [0.25, 0.3) is 0 Å². The molecule has 0 spiro atoms. The summed E-state index contributed by atoms with van der Waals surface area (Å²) in [6.07, 6.45) is 2.86. The minimum absolute atomic E-state index is 0.0878. The summed E-state index contributed by atoms with van der Waals surface area (Å²) in [6, 6.07) is 0.284. The van der Waals surface area contributed by atoms with Crippen LogP contribution in [-0.2, 0) is 4.79 Å². The average molecular weight is 246 g/mol. The zero-order valence-electron chi connectivity index (χ0n) is 10.8. The lowest BCUT2D eigenvalue weighted by Crippen LogP contribution is -2.36. The zero-order chi connectivity index (χ0) is 12.4. The summed E-state index contributed by atoms with van der Waals surface area (Å²) in [4.78, 5) is 11.7. The molecule has 3 nitrogen and oxygen atoms in total. The summed E-state index contributed by atoms with van der Waals surface area (Å²) in [5.41, 5.74) is 5.42. The second-order valence-electron chi connectivity index (χ2n) is 4.23. The maximum Gasteiger partial charge on any atom is 0.223 e. The molecule has 0 aromatic rings. The topological polar surface area (TPSA) is 55.1 Å². The van der Waals surface area contributed by atoms with Crippen molar-refractivity contribution in [2.24, 2.45) is 11.7 Å². The zero-order valence-corrected chi connectivity index (χ0v) is 11.6. The first-order valence-corrected chi connectivity index (χ1v) is 7.35. The first-order chi connectivity index (χ1) is 7.61. The van der Waals surface area contributed by atoms with E-state index in [0.717, 1.165) is 30.8 Å². The molecule has 0 rings (SSSR count). The maximum atomic E-state index is 11.7. The van der Waals surface area contributed by atoms with Gasteiger partial charge >= 0.3 is 0 Å². The first kappa shape index (κ1) is 15.8. The lowest BCUT2D eigenvalue weighted by Gasteiger charge is -2.17. The quantitative estimate of drug-likeness (QED) is 0.612. The summed E-state index contributed by atoms with van der Waals surface area (Å²) in [5, 5.41) is 3.05. The predicted molar refractivity (Wildman–Crippen MR) is 72.7 cm³/mol. The van der Waals surface area contributed by atoms with Gasteiger partial charge in [-0.3, -0.25) is 4.79 Å². The van der Waals surface area contributed by atoms with Gasteiger partial charge in [0.1, 0.15) is 0 Å². The molecule has 0 radical (unpaired) electrons. The molecule has 0 heterocycles. The van der Waals surface area contributed by atoms with Gasteiger partial charge in [0.2, 0.25) is 5.91 Å². The van der Waals surface area contributed by atoms with Gasteiger partial charge in [0.05, 0.1) is 0 Å². The largest absolute Gasteiger partial charge is 0.353 e. The molecule has 96 valence electrons. The third-order valence-corrected chi connectivity index (χ3v) is 3.51. The number of rotatable bonds is 9. The monoisotopic (exact) mass is 246 g/mol. The fourth-order valence-corrected chi connectivity index (χ4v) is 2.23. The molecular formula is C12H26N2OS. The Morgan fingerprint density at radius 1 is 1.38 bits per heavy atom. The van der Waals surface area contributed by atoms with Crippen molar-refractivity contribution in [3.05, 3.63) is 0 Å². The van der Waals surface area contributed by atoms with Gasteiger partial charge in [-0.1, -0.05) is 13.8 Å². The molecular weight excluding hydrogens is 220 g/mol. The lowest BCUT2D eigenvalue weighted by atomic mass is 10.0. The van der Waals surface area contributed by atoms with Crippen LogP contribution in [0.4, 0.5) is 0 Å².